The third-order valence-corrected chi connectivity index (χ3v) is 4.05. The van der Waals surface area contributed by atoms with Gasteiger partial charge in [0.15, 0.2) is 6.61 Å². The van der Waals surface area contributed by atoms with Gasteiger partial charge in [-0.2, -0.15) is 0 Å². The molecule has 142 valence electrons. The SMILES string of the molecule is O=C(COC(=O)[C@H]1CC(=O)N(Cc2ccco2)C1)Nc1c(F)cccc1F. The van der Waals surface area contributed by atoms with E-state index in [0.29, 0.717) is 5.76 Å². The van der Waals surface area contributed by atoms with Crippen LogP contribution in [0.2, 0.25) is 0 Å². The molecule has 1 aromatic heterocycles. The fourth-order valence-electron chi connectivity index (χ4n) is 2.72. The number of esters is 1. The summed E-state index contributed by atoms with van der Waals surface area (Å²) in [5.74, 6) is -3.85. The zero-order chi connectivity index (χ0) is 19.4. The molecular formula is C18H16F2N2O5. The first-order chi connectivity index (χ1) is 12.9. The van der Waals surface area contributed by atoms with Crippen LogP contribution in [0.25, 0.3) is 0 Å². The maximum absolute atomic E-state index is 13.5. The van der Waals surface area contributed by atoms with E-state index in [-0.39, 0.29) is 25.4 Å². The number of hydrogen-bond donors (Lipinski definition) is 1. The summed E-state index contributed by atoms with van der Waals surface area (Å²) in [5.41, 5.74) is -0.612. The second kappa shape index (κ2) is 7.98. The number of hydrogen-bond acceptors (Lipinski definition) is 5. The molecule has 0 spiro atoms. The normalized spacial score (nSPS) is 16.4. The molecule has 1 aromatic carbocycles. The molecule has 0 saturated carbocycles. The van der Waals surface area contributed by atoms with Gasteiger partial charge >= 0.3 is 5.97 Å². The predicted octanol–water partition coefficient (Wildman–Crippen LogP) is 2.09. The summed E-state index contributed by atoms with van der Waals surface area (Å²) in [6, 6.07) is 6.54. The molecule has 1 saturated heterocycles. The molecule has 0 aliphatic carbocycles. The van der Waals surface area contributed by atoms with E-state index in [9.17, 15) is 23.2 Å². The van der Waals surface area contributed by atoms with Gasteiger partial charge < -0.3 is 19.4 Å². The van der Waals surface area contributed by atoms with E-state index < -0.39 is 41.7 Å². The topological polar surface area (TPSA) is 88.9 Å². The monoisotopic (exact) mass is 378 g/mol. The van der Waals surface area contributed by atoms with Crippen LogP contribution in [0.3, 0.4) is 0 Å². The largest absolute Gasteiger partial charge is 0.467 e. The number of ether oxygens (including phenoxy) is 1. The minimum Gasteiger partial charge on any atom is -0.467 e. The summed E-state index contributed by atoms with van der Waals surface area (Å²) in [7, 11) is 0. The van der Waals surface area contributed by atoms with Gasteiger partial charge in [0.1, 0.15) is 23.1 Å². The average molecular weight is 378 g/mol. The summed E-state index contributed by atoms with van der Waals surface area (Å²) in [5, 5.41) is 2.02. The fraction of sp³-hybridized carbons (Fsp3) is 0.278. The maximum atomic E-state index is 13.5. The number of benzene rings is 1. The average Bonchev–Trinajstić information content (AvgIpc) is 3.27. The molecule has 1 N–H and O–H groups in total. The number of nitrogens with one attached hydrogen (secondary N) is 1. The molecule has 2 heterocycles. The van der Waals surface area contributed by atoms with Crippen LogP contribution >= 0.6 is 0 Å². The third kappa shape index (κ3) is 4.49. The van der Waals surface area contributed by atoms with Gasteiger partial charge in [-0.15, -0.1) is 0 Å². The van der Waals surface area contributed by atoms with Crippen molar-refractivity contribution >= 4 is 23.5 Å². The summed E-state index contributed by atoms with van der Waals surface area (Å²) >= 11 is 0. The summed E-state index contributed by atoms with van der Waals surface area (Å²) in [6.45, 7) is -0.333. The molecule has 0 bridgehead atoms. The number of furan rings is 1. The van der Waals surface area contributed by atoms with Crippen LogP contribution in [-0.2, 0) is 25.7 Å². The zero-order valence-corrected chi connectivity index (χ0v) is 14.1. The molecule has 1 aliphatic rings. The lowest BCUT2D eigenvalue weighted by Crippen LogP contribution is -2.28. The highest BCUT2D eigenvalue weighted by molar-refractivity contribution is 5.93. The Bertz CT molecular complexity index is 833. The van der Waals surface area contributed by atoms with Crippen LogP contribution in [-0.4, -0.2) is 35.8 Å². The molecule has 27 heavy (non-hydrogen) atoms. The van der Waals surface area contributed by atoms with E-state index in [1.165, 1.54) is 11.2 Å². The summed E-state index contributed by atoms with van der Waals surface area (Å²) in [6.07, 6.45) is 1.45. The van der Waals surface area contributed by atoms with Crippen LogP contribution in [0, 0.1) is 17.6 Å². The van der Waals surface area contributed by atoms with Crippen LogP contribution in [0.4, 0.5) is 14.5 Å². The molecule has 2 aromatic rings. The van der Waals surface area contributed by atoms with Gasteiger partial charge in [0.2, 0.25) is 5.91 Å². The van der Waals surface area contributed by atoms with Crippen molar-refractivity contribution in [2.24, 2.45) is 5.92 Å². The van der Waals surface area contributed by atoms with Crippen LogP contribution in [0.5, 0.6) is 0 Å². The van der Waals surface area contributed by atoms with E-state index in [0.717, 1.165) is 18.2 Å². The highest BCUT2D eigenvalue weighted by Gasteiger charge is 2.35. The molecule has 0 unspecified atom stereocenters. The Labute approximate surface area is 152 Å². The van der Waals surface area contributed by atoms with Crippen LogP contribution in [0.1, 0.15) is 12.2 Å². The molecule has 9 heteroatoms. The molecule has 7 nitrogen and oxygen atoms in total. The molecular weight excluding hydrogens is 362 g/mol. The van der Waals surface area contributed by atoms with Crippen molar-refractivity contribution in [1.82, 2.24) is 4.90 Å². The molecule has 2 amide bonds. The van der Waals surface area contributed by atoms with Crippen molar-refractivity contribution in [2.45, 2.75) is 13.0 Å². The first-order valence-electron chi connectivity index (χ1n) is 8.14. The second-order valence-corrected chi connectivity index (χ2v) is 6.01. The predicted molar refractivity (Wildman–Crippen MR) is 88.2 cm³/mol. The molecule has 1 aliphatic heterocycles. The van der Waals surface area contributed by atoms with Crippen molar-refractivity contribution < 1.29 is 32.3 Å². The lowest BCUT2D eigenvalue weighted by Gasteiger charge is -2.14. The van der Waals surface area contributed by atoms with Gasteiger partial charge in [-0.25, -0.2) is 8.78 Å². The molecule has 1 atom stereocenters. The Balaban J connectivity index is 1.49. The minimum atomic E-state index is -0.940. The molecule has 0 radical (unpaired) electrons. The van der Waals surface area contributed by atoms with Gasteiger partial charge in [0, 0.05) is 13.0 Å². The number of nitrogens with zero attached hydrogens (tertiary/aromatic N) is 1. The van der Waals surface area contributed by atoms with Crippen molar-refractivity contribution in [3.8, 4) is 0 Å². The number of halogens is 2. The van der Waals surface area contributed by atoms with Crippen LogP contribution in [0.15, 0.2) is 41.0 Å². The highest BCUT2D eigenvalue weighted by Crippen LogP contribution is 2.22. The number of carbonyl (C=O) groups is 3. The van der Waals surface area contributed by atoms with E-state index in [1.807, 2.05) is 5.32 Å². The Morgan fingerprint density at radius 1 is 1.22 bits per heavy atom. The van der Waals surface area contributed by atoms with Gasteiger partial charge in [0.25, 0.3) is 5.91 Å². The van der Waals surface area contributed by atoms with Gasteiger partial charge in [-0.3, -0.25) is 14.4 Å². The molecule has 1 fully saturated rings. The Hall–Kier alpha value is -3.23. The summed E-state index contributed by atoms with van der Waals surface area (Å²) in [4.78, 5) is 37.3. The number of rotatable bonds is 6. The highest BCUT2D eigenvalue weighted by atomic mass is 19.1. The fourth-order valence-corrected chi connectivity index (χ4v) is 2.72. The van der Waals surface area contributed by atoms with Crippen molar-refractivity contribution in [2.75, 3.05) is 18.5 Å². The smallest absolute Gasteiger partial charge is 0.311 e. The van der Waals surface area contributed by atoms with Gasteiger partial charge in [-0.05, 0) is 24.3 Å². The minimum absolute atomic E-state index is 0.0386. The van der Waals surface area contributed by atoms with Gasteiger partial charge in [-0.1, -0.05) is 6.07 Å². The molecule has 3 rings (SSSR count). The first kappa shape index (κ1) is 18.6. The number of carbonyl (C=O) groups excluding carboxylic acids is 3. The number of amides is 2. The van der Waals surface area contributed by atoms with Crippen molar-refractivity contribution in [1.29, 1.82) is 0 Å². The van der Waals surface area contributed by atoms with Gasteiger partial charge in [0.05, 0.1) is 18.7 Å². The van der Waals surface area contributed by atoms with E-state index in [2.05, 4.69) is 0 Å². The van der Waals surface area contributed by atoms with E-state index in [4.69, 9.17) is 9.15 Å². The Kier molecular flexibility index (Phi) is 5.49. The number of anilines is 1. The van der Waals surface area contributed by atoms with E-state index >= 15 is 0 Å². The maximum Gasteiger partial charge on any atom is 0.311 e. The quantitative estimate of drug-likeness (QED) is 0.778. The standard InChI is InChI=1S/C18H16F2N2O5/c19-13-4-1-5-14(20)17(13)21-15(23)10-27-18(25)11-7-16(24)22(8-11)9-12-3-2-6-26-12/h1-6,11H,7-10H2,(H,21,23)/t11-/m0/s1. The summed E-state index contributed by atoms with van der Waals surface area (Å²) < 4.78 is 37.0. The second-order valence-electron chi connectivity index (χ2n) is 6.01. The third-order valence-electron chi connectivity index (χ3n) is 4.05. The van der Waals surface area contributed by atoms with Crippen molar-refractivity contribution in [3.63, 3.8) is 0 Å². The van der Waals surface area contributed by atoms with Crippen LogP contribution < -0.4 is 5.32 Å². The zero-order valence-electron chi connectivity index (χ0n) is 14.1. The lowest BCUT2D eigenvalue weighted by atomic mass is 10.1. The Morgan fingerprint density at radius 3 is 2.63 bits per heavy atom. The lowest BCUT2D eigenvalue weighted by molar-refractivity contribution is -0.151. The van der Waals surface area contributed by atoms with Crippen molar-refractivity contribution in [3.05, 3.63) is 54.0 Å². The number of para-hydroxylation sites is 1. The Morgan fingerprint density at radius 2 is 1.96 bits per heavy atom. The first-order valence-corrected chi connectivity index (χ1v) is 8.14. The van der Waals surface area contributed by atoms with E-state index in [1.54, 1.807) is 12.1 Å². The number of likely N-dealkylation sites (tertiary alicyclic amines) is 1.